The fraction of sp³-hybridized carbons (Fsp3) is 0.476. The number of hydrogen-bond acceptors (Lipinski definition) is 5. The third-order valence-corrected chi connectivity index (χ3v) is 4.99. The number of nitrogens with zero attached hydrogens (tertiary/aromatic N) is 2. The molecule has 0 spiro atoms. The van der Waals surface area contributed by atoms with Crippen molar-refractivity contribution in [2.45, 2.75) is 38.4 Å². The van der Waals surface area contributed by atoms with Crippen LogP contribution in [0.25, 0.3) is 0 Å². The number of hydrogen-bond donors (Lipinski definition) is 2. The number of unbranched alkanes of at least 4 members (excludes halogenated alkanes) is 1. The van der Waals surface area contributed by atoms with Crippen LogP contribution in [0.1, 0.15) is 29.7 Å². The van der Waals surface area contributed by atoms with Gasteiger partial charge in [-0.25, -0.2) is 0 Å². The van der Waals surface area contributed by atoms with Crippen LogP contribution in [0.5, 0.6) is 5.75 Å². The Bertz CT molecular complexity index is 674. The maximum atomic E-state index is 5.68. The van der Waals surface area contributed by atoms with Crippen LogP contribution in [0.2, 0.25) is 0 Å². The summed E-state index contributed by atoms with van der Waals surface area (Å²) in [5.74, 6) is 0.800. The molecule has 26 heavy (non-hydrogen) atoms. The minimum Gasteiger partial charge on any atom is -0.495 e. The quantitative estimate of drug-likeness (QED) is 0.677. The summed E-state index contributed by atoms with van der Waals surface area (Å²) < 4.78 is 5.21. The largest absolute Gasteiger partial charge is 0.495 e. The number of fused-ring (bicyclic) bond motifs is 1. The Morgan fingerprint density at radius 3 is 2.77 bits per heavy atom. The van der Waals surface area contributed by atoms with Gasteiger partial charge in [0.1, 0.15) is 5.75 Å². The van der Waals surface area contributed by atoms with E-state index in [9.17, 15) is 0 Å². The van der Waals surface area contributed by atoms with Crippen molar-refractivity contribution in [3.8, 4) is 5.75 Å². The van der Waals surface area contributed by atoms with E-state index in [1.807, 2.05) is 6.07 Å². The van der Waals surface area contributed by atoms with Crippen LogP contribution in [0.15, 0.2) is 42.6 Å². The van der Waals surface area contributed by atoms with Gasteiger partial charge in [0.15, 0.2) is 0 Å². The lowest BCUT2D eigenvalue weighted by Crippen LogP contribution is -2.44. The molecule has 0 saturated heterocycles. The lowest BCUT2D eigenvalue weighted by molar-refractivity contribution is 0.222. The molecular formula is C21H30N4O. The summed E-state index contributed by atoms with van der Waals surface area (Å²) in [6.45, 7) is 4.63. The van der Waals surface area contributed by atoms with Gasteiger partial charge >= 0.3 is 0 Å². The van der Waals surface area contributed by atoms with E-state index >= 15 is 0 Å². The number of nitrogens with one attached hydrogen (secondary N) is 1. The average Bonchev–Trinajstić information content (AvgIpc) is 2.68. The fourth-order valence-corrected chi connectivity index (χ4v) is 3.53. The third kappa shape index (κ3) is 5.27. The molecule has 2 heterocycles. The van der Waals surface area contributed by atoms with Crippen molar-refractivity contribution in [3.05, 3.63) is 59.4 Å². The van der Waals surface area contributed by atoms with Gasteiger partial charge in [-0.1, -0.05) is 24.3 Å². The van der Waals surface area contributed by atoms with E-state index in [0.717, 1.165) is 63.4 Å². The second-order valence-electron chi connectivity index (χ2n) is 6.97. The van der Waals surface area contributed by atoms with E-state index in [-0.39, 0.29) is 0 Å². The Hall–Kier alpha value is -1.95. The van der Waals surface area contributed by atoms with Crippen molar-refractivity contribution >= 4 is 0 Å². The molecule has 0 fully saturated rings. The lowest BCUT2D eigenvalue weighted by Gasteiger charge is -2.31. The second-order valence-corrected chi connectivity index (χ2v) is 6.97. The lowest BCUT2D eigenvalue weighted by atomic mass is 9.95. The van der Waals surface area contributed by atoms with Gasteiger partial charge in [-0.2, -0.15) is 0 Å². The van der Waals surface area contributed by atoms with Crippen LogP contribution in [-0.2, 0) is 19.5 Å². The first-order valence-electron chi connectivity index (χ1n) is 9.50. The first-order valence-corrected chi connectivity index (χ1v) is 9.50. The molecular weight excluding hydrogens is 324 g/mol. The maximum absolute atomic E-state index is 5.68. The van der Waals surface area contributed by atoms with Gasteiger partial charge in [0, 0.05) is 25.7 Å². The van der Waals surface area contributed by atoms with E-state index in [2.05, 4.69) is 45.5 Å². The number of benzene rings is 1. The van der Waals surface area contributed by atoms with Gasteiger partial charge in [-0.05, 0) is 55.6 Å². The SMILES string of the molecule is COc1ccc(CN(CCCCN)CC2Cc3ccccc3CN2)nc1. The van der Waals surface area contributed by atoms with Crippen molar-refractivity contribution in [1.82, 2.24) is 15.2 Å². The highest BCUT2D eigenvalue weighted by Crippen LogP contribution is 2.18. The number of ether oxygens (including phenoxy) is 1. The fourth-order valence-electron chi connectivity index (χ4n) is 3.53. The third-order valence-electron chi connectivity index (χ3n) is 4.99. The molecule has 5 nitrogen and oxygen atoms in total. The summed E-state index contributed by atoms with van der Waals surface area (Å²) in [6.07, 6.45) is 5.06. The van der Waals surface area contributed by atoms with Crippen molar-refractivity contribution in [2.75, 3.05) is 26.7 Å². The molecule has 140 valence electrons. The van der Waals surface area contributed by atoms with Crippen molar-refractivity contribution < 1.29 is 4.74 Å². The van der Waals surface area contributed by atoms with Crippen LogP contribution in [-0.4, -0.2) is 42.7 Å². The average molecular weight is 354 g/mol. The molecule has 1 unspecified atom stereocenters. The molecule has 1 aliphatic rings. The van der Waals surface area contributed by atoms with Crippen molar-refractivity contribution in [3.63, 3.8) is 0 Å². The zero-order valence-corrected chi connectivity index (χ0v) is 15.7. The Kier molecular flexibility index (Phi) is 7.00. The summed E-state index contributed by atoms with van der Waals surface area (Å²) in [4.78, 5) is 7.03. The van der Waals surface area contributed by atoms with E-state index in [1.54, 1.807) is 13.3 Å². The zero-order chi connectivity index (χ0) is 18.2. The van der Waals surface area contributed by atoms with Gasteiger partial charge in [0.25, 0.3) is 0 Å². The Balaban J connectivity index is 1.61. The number of nitrogens with two attached hydrogens (primary N) is 1. The Morgan fingerprint density at radius 2 is 2.04 bits per heavy atom. The van der Waals surface area contributed by atoms with Gasteiger partial charge in [0.2, 0.25) is 0 Å². The highest BCUT2D eigenvalue weighted by atomic mass is 16.5. The monoisotopic (exact) mass is 354 g/mol. The van der Waals surface area contributed by atoms with E-state index in [4.69, 9.17) is 10.5 Å². The first kappa shape index (κ1) is 18.8. The second kappa shape index (κ2) is 9.67. The van der Waals surface area contributed by atoms with E-state index in [1.165, 1.54) is 11.1 Å². The summed E-state index contributed by atoms with van der Waals surface area (Å²) in [5.41, 5.74) is 9.66. The molecule has 0 amide bonds. The summed E-state index contributed by atoms with van der Waals surface area (Å²) >= 11 is 0. The predicted octanol–water partition coefficient (Wildman–Crippen LogP) is 2.35. The van der Waals surface area contributed by atoms with Crippen LogP contribution in [0, 0.1) is 0 Å². The molecule has 0 radical (unpaired) electrons. The summed E-state index contributed by atoms with van der Waals surface area (Å²) in [7, 11) is 1.67. The Labute approximate surface area is 156 Å². The highest BCUT2D eigenvalue weighted by Gasteiger charge is 2.20. The van der Waals surface area contributed by atoms with E-state index in [0.29, 0.717) is 6.04 Å². The topological polar surface area (TPSA) is 63.4 Å². The van der Waals surface area contributed by atoms with Gasteiger partial charge in [0.05, 0.1) is 19.0 Å². The molecule has 1 aliphatic heterocycles. The first-order chi connectivity index (χ1) is 12.8. The zero-order valence-electron chi connectivity index (χ0n) is 15.7. The molecule has 5 heteroatoms. The minimum absolute atomic E-state index is 0.473. The van der Waals surface area contributed by atoms with Gasteiger partial charge < -0.3 is 15.8 Å². The standard InChI is InChI=1S/C21H30N4O/c1-26-21-9-8-19(24-14-21)15-25(11-5-4-10-22)16-20-12-17-6-2-3-7-18(17)13-23-20/h2-3,6-9,14,20,23H,4-5,10-13,15-16,22H2,1H3. The van der Waals surface area contributed by atoms with Crippen LogP contribution in [0.4, 0.5) is 0 Å². The summed E-state index contributed by atoms with van der Waals surface area (Å²) in [5, 5.41) is 3.69. The number of methoxy groups -OCH3 is 1. The normalized spacial score (nSPS) is 16.5. The molecule has 3 N–H and O–H groups in total. The maximum Gasteiger partial charge on any atom is 0.137 e. The van der Waals surface area contributed by atoms with Gasteiger partial charge in [-0.15, -0.1) is 0 Å². The predicted molar refractivity (Wildman–Crippen MR) is 105 cm³/mol. The molecule has 1 aromatic carbocycles. The molecule has 1 aromatic heterocycles. The van der Waals surface area contributed by atoms with Crippen molar-refractivity contribution in [1.29, 1.82) is 0 Å². The molecule has 0 aliphatic carbocycles. The summed E-state index contributed by atoms with van der Waals surface area (Å²) in [6, 6.07) is 13.2. The molecule has 2 aromatic rings. The van der Waals surface area contributed by atoms with Gasteiger partial charge in [-0.3, -0.25) is 9.88 Å². The molecule has 3 rings (SSSR count). The number of pyridine rings is 1. The van der Waals surface area contributed by atoms with Crippen LogP contribution < -0.4 is 15.8 Å². The van der Waals surface area contributed by atoms with Crippen molar-refractivity contribution in [2.24, 2.45) is 5.73 Å². The Morgan fingerprint density at radius 1 is 1.19 bits per heavy atom. The molecule has 0 saturated carbocycles. The number of aromatic nitrogens is 1. The number of rotatable bonds is 9. The minimum atomic E-state index is 0.473. The molecule has 1 atom stereocenters. The van der Waals surface area contributed by atoms with Crippen LogP contribution >= 0.6 is 0 Å². The van der Waals surface area contributed by atoms with Crippen LogP contribution in [0.3, 0.4) is 0 Å². The highest BCUT2D eigenvalue weighted by molar-refractivity contribution is 5.30. The molecule has 0 bridgehead atoms. The van der Waals surface area contributed by atoms with E-state index < -0.39 is 0 Å². The smallest absolute Gasteiger partial charge is 0.137 e.